The number of nitrogens with one attached hydrogen (secondary N) is 1. The highest BCUT2D eigenvalue weighted by molar-refractivity contribution is 5.76. The van der Waals surface area contributed by atoms with E-state index in [1.807, 2.05) is 0 Å². The Bertz CT molecular complexity index is 607. The van der Waals surface area contributed by atoms with Crippen molar-refractivity contribution in [2.24, 2.45) is 0 Å². The lowest BCUT2D eigenvalue weighted by atomic mass is 9.91. The lowest BCUT2D eigenvalue weighted by molar-refractivity contribution is -0.137. The number of imidazole rings is 1. The Labute approximate surface area is 121 Å². The van der Waals surface area contributed by atoms with Gasteiger partial charge in [-0.05, 0) is 31.0 Å². The minimum Gasteiger partial charge on any atom is -0.342 e. The molecule has 2 nitrogen and oxygen atoms in total. The Balaban J connectivity index is 1.89. The summed E-state index contributed by atoms with van der Waals surface area (Å²) in [5.74, 6) is 1.21. The lowest BCUT2D eigenvalue weighted by Crippen LogP contribution is -2.04. The smallest absolute Gasteiger partial charge is 0.342 e. The molecule has 0 spiro atoms. The summed E-state index contributed by atoms with van der Waals surface area (Å²) in [7, 11) is 0. The minimum atomic E-state index is -4.31. The fraction of sp³-hybridized carbons (Fsp3) is 0.562. The number of aromatic amines is 1. The van der Waals surface area contributed by atoms with Crippen LogP contribution in [0.3, 0.4) is 0 Å². The first-order chi connectivity index (χ1) is 10.0. The molecule has 0 aliphatic heterocycles. The molecule has 0 radical (unpaired) electrons. The average Bonchev–Trinajstić information content (AvgIpc) is 2.79. The van der Waals surface area contributed by atoms with Gasteiger partial charge in [-0.2, -0.15) is 13.2 Å². The molecule has 2 aromatic rings. The molecule has 3 rings (SSSR count). The summed E-state index contributed by atoms with van der Waals surface area (Å²) in [5, 5.41) is 0. The highest BCUT2D eigenvalue weighted by Crippen LogP contribution is 2.33. The molecule has 1 aromatic heterocycles. The predicted molar refractivity (Wildman–Crippen MR) is 76.2 cm³/mol. The first-order valence-corrected chi connectivity index (χ1v) is 7.61. The molecule has 1 aromatic carbocycles. The highest BCUT2D eigenvalue weighted by Gasteiger charge is 2.31. The van der Waals surface area contributed by atoms with E-state index < -0.39 is 11.7 Å². The van der Waals surface area contributed by atoms with Gasteiger partial charge < -0.3 is 4.98 Å². The summed E-state index contributed by atoms with van der Waals surface area (Å²) >= 11 is 0. The number of nitrogens with zero attached hydrogens (tertiary/aromatic N) is 1. The molecular weight excluding hydrogens is 277 g/mol. The Kier molecular flexibility index (Phi) is 3.91. The van der Waals surface area contributed by atoms with Gasteiger partial charge in [0.25, 0.3) is 0 Å². The van der Waals surface area contributed by atoms with Crippen molar-refractivity contribution >= 4 is 11.0 Å². The molecule has 0 atom stereocenters. The van der Waals surface area contributed by atoms with E-state index >= 15 is 0 Å². The van der Waals surface area contributed by atoms with E-state index in [0.29, 0.717) is 17.0 Å². The van der Waals surface area contributed by atoms with Crippen LogP contribution < -0.4 is 0 Å². The number of alkyl halides is 3. The van der Waals surface area contributed by atoms with Crippen LogP contribution >= 0.6 is 0 Å². The van der Waals surface area contributed by atoms with Gasteiger partial charge in [0.15, 0.2) is 0 Å². The second-order valence-corrected chi connectivity index (χ2v) is 5.89. The fourth-order valence-corrected chi connectivity index (χ4v) is 3.13. The number of H-pyrrole nitrogens is 1. The molecule has 1 aliphatic carbocycles. The summed E-state index contributed by atoms with van der Waals surface area (Å²) in [6.45, 7) is 0. The standard InChI is InChI=1S/C16H19F3N2/c17-16(18,19)12-8-9-13-14(10-12)21-15(20-13)11-6-4-2-1-3-5-7-11/h8-11H,1-7H2,(H,20,21). The van der Waals surface area contributed by atoms with Gasteiger partial charge in [0.05, 0.1) is 16.6 Å². The maximum atomic E-state index is 12.7. The quantitative estimate of drug-likeness (QED) is 0.749. The fourth-order valence-electron chi connectivity index (χ4n) is 3.13. The van der Waals surface area contributed by atoms with E-state index in [1.54, 1.807) is 0 Å². The largest absolute Gasteiger partial charge is 0.416 e. The van der Waals surface area contributed by atoms with E-state index in [1.165, 1.54) is 38.2 Å². The van der Waals surface area contributed by atoms with Crippen LogP contribution in [-0.4, -0.2) is 9.97 Å². The zero-order valence-electron chi connectivity index (χ0n) is 11.8. The van der Waals surface area contributed by atoms with E-state index in [4.69, 9.17) is 0 Å². The van der Waals surface area contributed by atoms with Crippen molar-refractivity contribution in [3.8, 4) is 0 Å². The van der Waals surface area contributed by atoms with Crippen molar-refractivity contribution in [2.45, 2.75) is 57.0 Å². The molecule has 21 heavy (non-hydrogen) atoms. The third-order valence-corrected chi connectivity index (χ3v) is 4.32. The third-order valence-electron chi connectivity index (χ3n) is 4.32. The molecule has 1 saturated carbocycles. The zero-order chi connectivity index (χ0) is 14.9. The average molecular weight is 296 g/mol. The topological polar surface area (TPSA) is 28.7 Å². The normalized spacial score (nSPS) is 18.6. The molecule has 1 aliphatic rings. The minimum absolute atomic E-state index is 0.354. The van der Waals surface area contributed by atoms with Crippen molar-refractivity contribution in [3.63, 3.8) is 0 Å². The van der Waals surface area contributed by atoms with Gasteiger partial charge in [-0.25, -0.2) is 4.98 Å². The van der Waals surface area contributed by atoms with Crippen LogP contribution in [0.2, 0.25) is 0 Å². The van der Waals surface area contributed by atoms with Crippen LogP contribution in [0.4, 0.5) is 13.2 Å². The van der Waals surface area contributed by atoms with Crippen molar-refractivity contribution in [3.05, 3.63) is 29.6 Å². The maximum Gasteiger partial charge on any atom is 0.416 e. The third kappa shape index (κ3) is 3.22. The monoisotopic (exact) mass is 296 g/mol. The van der Waals surface area contributed by atoms with Gasteiger partial charge in [0.2, 0.25) is 0 Å². The van der Waals surface area contributed by atoms with E-state index in [9.17, 15) is 13.2 Å². The summed E-state index contributed by atoms with van der Waals surface area (Å²) in [4.78, 5) is 7.62. The zero-order valence-corrected chi connectivity index (χ0v) is 11.8. The molecule has 1 heterocycles. The number of fused-ring (bicyclic) bond motifs is 1. The number of aromatic nitrogens is 2. The van der Waals surface area contributed by atoms with E-state index in [0.717, 1.165) is 30.8 Å². The Hall–Kier alpha value is -1.52. The summed E-state index contributed by atoms with van der Waals surface area (Å²) in [5.41, 5.74) is 0.491. The molecule has 0 unspecified atom stereocenters. The number of benzene rings is 1. The Morgan fingerprint density at radius 2 is 1.67 bits per heavy atom. The predicted octanol–water partition coefficient (Wildman–Crippen LogP) is 5.41. The van der Waals surface area contributed by atoms with Crippen LogP contribution in [0.5, 0.6) is 0 Å². The molecule has 5 heteroatoms. The van der Waals surface area contributed by atoms with E-state index in [2.05, 4.69) is 9.97 Å². The van der Waals surface area contributed by atoms with Crippen LogP contribution in [0.25, 0.3) is 11.0 Å². The van der Waals surface area contributed by atoms with Crippen LogP contribution in [0, 0.1) is 0 Å². The summed E-state index contributed by atoms with van der Waals surface area (Å²) in [6, 6.07) is 3.72. The van der Waals surface area contributed by atoms with Gasteiger partial charge in [-0.3, -0.25) is 0 Å². The lowest BCUT2D eigenvalue weighted by Gasteiger charge is -2.17. The Morgan fingerprint density at radius 1 is 1.00 bits per heavy atom. The van der Waals surface area contributed by atoms with Gasteiger partial charge >= 0.3 is 6.18 Å². The Morgan fingerprint density at radius 3 is 2.33 bits per heavy atom. The first-order valence-electron chi connectivity index (χ1n) is 7.61. The number of halogens is 3. The van der Waals surface area contributed by atoms with E-state index in [-0.39, 0.29) is 0 Å². The molecular formula is C16H19F3N2. The summed E-state index contributed by atoms with van der Waals surface area (Å²) < 4.78 is 38.2. The second-order valence-electron chi connectivity index (χ2n) is 5.89. The van der Waals surface area contributed by atoms with Crippen LogP contribution in [0.1, 0.15) is 62.3 Å². The molecule has 0 amide bonds. The van der Waals surface area contributed by atoms with Crippen LogP contribution in [0.15, 0.2) is 18.2 Å². The summed E-state index contributed by atoms with van der Waals surface area (Å²) in [6.07, 6.45) is 3.98. The maximum absolute atomic E-state index is 12.7. The number of rotatable bonds is 1. The SMILES string of the molecule is FC(F)(F)c1ccc2nc(C3CCCCCCC3)[nH]c2c1. The second kappa shape index (κ2) is 5.70. The molecule has 1 N–H and O–H groups in total. The van der Waals surface area contributed by atoms with Gasteiger partial charge in [-0.15, -0.1) is 0 Å². The number of hydrogen-bond donors (Lipinski definition) is 1. The first kappa shape index (κ1) is 14.4. The van der Waals surface area contributed by atoms with Crippen molar-refractivity contribution < 1.29 is 13.2 Å². The van der Waals surface area contributed by atoms with Gasteiger partial charge in [0, 0.05) is 5.92 Å². The van der Waals surface area contributed by atoms with Crippen molar-refractivity contribution in [1.82, 2.24) is 9.97 Å². The molecule has 0 saturated heterocycles. The number of hydrogen-bond acceptors (Lipinski definition) is 1. The molecule has 114 valence electrons. The van der Waals surface area contributed by atoms with Gasteiger partial charge in [0.1, 0.15) is 5.82 Å². The van der Waals surface area contributed by atoms with Crippen molar-refractivity contribution in [1.29, 1.82) is 0 Å². The van der Waals surface area contributed by atoms with Crippen molar-refractivity contribution in [2.75, 3.05) is 0 Å². The van der Waals surface area contributed by atoms with Crippen LogP contribution in [-0.2, 0) is 6.18 Å². The molecule has 0 bridgehead atoms. The van der Waals surface area contributed by atoms with Gasteiger partial charge in [-0.1, -0.05) is 32.1 Å². The molecule has 1 fully saturated rings. The highest BCUT2D eigenvalue weighted by atomic mass is 19.4.